The highest BCUT2D eigenvalue weighted by atomic mass is 35.5. The van der Waals surface area contributed by atoms with Crippen molar-refractivity contribution in [3.8, 4) is 5.75 Å². The van der Waals surface area contributed by atoms with Crippen molar-refractivity contribution in [2.45, 2.75) is 0 Å². The van der Waals surface area contributed by atoms with Gasteiger partial charge in [-0.05, 0) is 24.3 Å². The highest BCUT2D eigenvalue weighted by Crippen LogP contribution is 2.10. The smallest absolute Gasteiger partial charge is 0.345 e. The lowest BCUT2D eigenvalue weighted by molar-refractivity contribution is 0.0734. The van der Waals surface area contributed by atoms with E-state index in [1.54, 1.807) is 30.5 Å². The van der Waals surface area contributed by atoms with Crippen molar-refractivity contribution in [2.24, 2.45) is 0 Å². The molecule has 0 amide bonds. The van der Waals surface area contributed by atoms with Gasteiger partial charge in [-0.25, -0.2) is 4.79 Å². The van der Waals surface area contributed by atoms with Gasteiger partial charge in [0.15, 0.2) is 0 Å². The Hall–Kier alpha value is -1.87. The van der Waals surface area contributed by atoms with Crippen molar-refractivity contribution in [3.05, 3.63) is 60.4 Å². The number of halogens is 1. The molecule has 2 rings (SSSR count). The molecule has 0 aliphatic carbocycles. The molecule has 82 valence electrons. The number of esters is 1. The Kier molecular flexibility index (Phi) is 4.48. The normalized spacial score (nSPS) is 9.00. The van der Waals surface area contributed by atoms with E-state index in [-0.39, 0.29) is 12.4 Å². The Labute approximate surface area is 99.5 Å². The summed E-state index contributed by atoms with van der Waals surface area (Å²) in [5.74, 6) is 0.139. The first kappa shape index (κ1) is 12.2. The van der Waals surface area contributed by atoms with Crippen molar-refractivity contribution >= 4 is 18.4 Å². The van der Waals surface area contributed by atoms with Gasteiger partial charge in [-0.3, -0.25) is 4.98 Å². The topological polar surface area (TPSA) is 39.2 Å². The first-order chi connectivity index (χ1) is 7.36. The number of para-hydroxylation sites is 1. The summed E-state index contributed by atoms with van der Waals surface area (Å²) in [4.78, 5) is 15.4. The number of rotatable bonds is 2. The minimum atomic E-state index is -0.394. The Bertz CT molecular complexity index is 445. The molecule has 0 bridgehead atoms. The summed E-state index contributed by atoms with van der Waals surface area (Å²) < 4.78 is 5.12. The fraction of sp³-hybridized carbons (Fsp3) is 0. The number of carbonyl (C=O) groups excluding carboxylic acids is 1. The summed E-state index contributed by atoms with van der Waals surface area (Å²) in [6.45, 7) is 0. The molecule has 4 heteroatoms. The molecule has 1 aromatic heterocycles. The van der Waals surface area contributed by atoms with Crippen molar-refractivity contribution in [3.63, 3.8) is 0 Å². The maximum atomic E-state index is 11.6. The molecule has 0 fully saturated rings. The zero-order valence-corrected chi connectivity index (χ0v) is 9.18. The maximum absolute atomic E-state index is 11.6. The zero-order chi connectivity index (χ0) is 10.5. The first-order valence-electron chi connectivity index (χ1n) is 4.53. The third kappa shape index (κ3) is 3.07. The molecule has 0 unspecified atom stereocenters. The van der Waals surface area contributed by atoms with Gasteiger partial charge in [-0.2, -0.15) is 0 Å². The monoisotopic (exact) mass is 235 g/mol. The third-order valence-corrected chi connectivity index (χ3v) is 1.85. The standard InChI is InChI=1S/C12H9NO2.ClH/c14-12(10-5-4-8-13-9-10)15-11-6-2-1-3-7-11;/h1-9H;1H. The number of hydrogen-bond donors (Lipinski definition) is 0. The van der Waals surface area contributed by atoms with E-state index in [9.17, 15) is 4.79 Å². The number of benzene rings is 1. The van der Waals surface area contributed by atoms with Crippen molar-refractivity contribution in [1.82, 2.24) is 4.98 Å². The number of hydrogen-bond acceptors (Lipinski definition) is 3. The van der Waals surface area contributed by atoms with E-state index < -0.39 is 5.97 Å². The predicted octanol–water partition coefficient (Wildman–Crippen LogP) is 2.72. The minimum Gasteiger partial charge on any atom is -0.423 e. The molecular formula is C12H10ClNO2. The van der Waals surface area contributed by atoms with Gasteiger partial charge in [0.1, 0.15) is 5.75 Å². The summed E-state index contributed by atoms with van der Waals surface area (Å²) in [5.41, 5.74) is 0.446. The third-order valence-electron chi connectivity index (χ3n) is 1.85. The van der Waals surface area contributed by atoms with Gasteiger partial charge in [0, 0.05) is 12.4 Å². The van der Waals surface area contributed by atoms with E-state index >= 15 is 0 Å². The lowest BCUT2D eigenvalue weighted by atomic mass is 10.3. The van der Waals surface area contributed by atoms with E-state index in [4.69, 9.17) is 4.74 Å². The molecule has 2 aromatic rings. The van der Waals surface area contributed by atoms with Gasteiger partial charge in [0.05, 0.1) is 5.56 Å². The summed E-state index contributed by atoms with van der Waals surface area (Å²) in [6, 6.07) is 12.3. The molecule has 0 saturated heterocycles. The van der Waals surface area contributed by atoms with Crippen LogP contribution in [-0.4, -0.2) is 11.0 Å². The van der Waals surface area contributed by atoms with Crippen LogP contribution in [0.25, 0.3) is 0 Å². The van der Waals surface area contributed by atoms with Crippen LogP contribution in [0.4, 0.5) is 0 Å². The van der Waals surface area contributed by atoms with Crippen LogP contribution in [0.3, 0.4) is 0 Å². The van der Waals surface area contributed by atoms with E-state index in [1.165, 1.54) is 6.20 Å². The largest absolute Gasteiger partial charge is 0.423 e. The Morgan fingerprint density at radius 2 is 1.81 bits per heavy atom. The fourth-order valence-electron chi connectivity index (χ4n) is 1.14. The van der Waals surface area contributed by atoms with Gasteiger partial charge in [-0.15, -0.1) is 12.4 Å². The van der Waals surface area contributed by atoms with Crippen molar-refractivity contribution in [1.29, 1.82) is 0 Å². The van der Waals surface area contributed by atoms with Crippen LogP contribution in [-0.2, 0) is 0 Å². The molecule has 1 heterocycles. The summed E-state index contributed by atoms with van der Waals surface area (Å²) in [7, 11) is 0. The molecule has 0 spiro atoms. The molecule has 0 aliphatic heterocycles. The van der Waals surface area contributed by atoms with Crippen LogP contribution < -0.4 is 4.74 Å². The van der Waals surface area contributed by atoms with Crippen LogP contribution in [0.15, 0.2) is 54.9 Å². The Morgan fingerprint density at radius 1 is 1.06 bits per heavy atom. The SMILES string of the molecule is Cl.O=C(Oc1ccccc1)c1cccnc1. The van der Waals surface area contributed by atoms with E-state index in [1.807, 2.05) is 18.2 Å². The average Bonchev–Trinajstić information content (AvgIpc) is 2.31. The second-order valence-corrected chi connectivity index (χ2v) is 2.94. The number of ether oxygens (including phenoxy) is 1. The van der Waals surface area contributed by atoms with E-state index in [2.05, 4.69) is 4.98 Å². The molecule has 0 N–H and O–H groups in total. The summed E-state index contributed by atoms with van der Waals surface area (Å²) in [5, 5.41) is 0. The molecule has 16 heavy (non-hydrogen) atoms. The lowest BCUT2D eigenvalue weighted by Gasteiger charge is -2.02. The van der Waals surface area contributed by atoms with Crippen LogP contribution in [0, 0.1) is 0 Å². The molecule has 3 nitrogen and oxygen atoms in total. The minimum absolute atomic E-state index is 0. The van der Waals surface area contributed by atoms with Gasteiger partial charge >= 0.3 is 5.97 Å². The zero-order valence-electron chi connectivity index (χ0n) is 8.37. The van der Waals surface area contributed by atoms with Crippen LogP contribution >= 0.6 is 12.4 Å². The molecule has 0 radical (unpaired) electrons. The van der Waals surface area contributed by atoms with Crippen LogP contribution in [0.5, 0.6) is 5.75 Å². The predicted molar refractivity (Wildman–Crippen MR) is 62.9 cm³/mol. The first-order valence-corrected chi connectivity index (χ1v) is 4.53. The van der Waals surface area contributed by atoms with Gasteiger partial charge in [-0.1, -0.05) is 18.2 Å². The number of nitrogens with zero attached hydrogens (tertiary/aromatic N) is 1. The van der Waals surface area contributed by atoms with Gasteiger partial charge in [0.2, 0.25) is 0 Å². The molecule has 0 saturated carbocycles. The van der Waals surface area contributed by atoms with Crippen LogP contribution in [0.2, 0.25) is 0 Å². The summed E-state index contributed by atoms with van der Waals surface area (Å²) >= 11 is 0. The Morgan fingerprint density at radius 3 is 2.44 bits per heavy atom. The van der Waals surface area contributed by atoms with Crippen molar-refractivity contribution < 1.29 is 9.53 Å². The molecule has 0 atom stereocenters. The molecule has 0 aliphatic rings. The Balaban J connectivity index is 0.00000128. The fourth-order valence-corrected chi connectivity index (χ4v) is 1.14. The van der Waals surface area contributed by atoms with Gasteiger partial charge in [0.25, 0.3) is 0 Å². The molecule has 1 aromatic carbocycles. The average molecular weight is 236 g/mol. The molecular weight excluding hydrogens is 226 g/mol. The maximum Gasteiger partial charge on any atom is 0.345 e. The second-order valence-electron chi connectivity index (χ2n) is 2.94. The lowest BCUT2D eigenvalue weighted by Crippen LogP contribution is -2.08. The highest BCUT2D eigenvalue weighted by Gasteiger charge is 2.06. The summed E-state index contributed by atoms with van der Waals surface area (Å²) in [6.07, 6.45) is 3.09. The van der Waals surface area contributed by atoms with Crippen molar-refractivity contribution in [2.75, 3.05) is 0 Å². The number of aromatic nitrogens is 1. The number of carbonyl (C=O) groups is 1. The van der Waals surface area contributed by atoms with E-state index in [0.717, 1.165) is 0 Å². The highest BCUT2D eigenvalue weighted by molar-refractivity contribution is 5.90. The van der Waals surface area contributed by atoms with Crippen LogP contribution in [0.1, 0.15) is 10.4 Å². The van der Waals surface area contributed by atoms with Gasteiger partial charge < -0.3 is 4.74 Å². The number of pyridine rings is 1. The quantitative estimate of drug-likeness (QED) is 0.594. The van der Waals surface area contributed by atoms with E-state index in [0.29, 0.717) is 11.3 Å². The second kappa shape index (κ2) is 5.88.